The molecule has 0 bridgehead atoms. The third kappa shape index (κ3) is 1.80. The minimum atomic E-state index is 0.431. The quantitative estimate of drug-likeness (QED) is 0.864. The Morgan fingerprint density at radius 3 is 2.60 bits per heavy atom. The van der Waals surface area contributed by atoms with Gasteiger partial charge in [-0.1, -0.05) is 18.2 Å². The van der Waals surface area contributed by atoms with Crippen LogP contribution in [-0.4, -0.2) is 19.1 Å². The second-order valence-corrected chi connectivity index (χ2v) is 6.84. The van der Waals surface area contributed by atoms with E-state index in [4.69, 9.17) is 0 Å². The lowest BCUT2D eigenvalue weighted by Crippen LogP contribution is -2.61. The molecule has 1 aromatic carbocycles. The minimum absolute atomic E-state index is 0.431. The van der Waals surface area contributed by atoms with Gasteiger partial charge in [-0.25, -0.2) is 5.43 Å². The summed E-state index contributed by atoms with van der Waals surface area (Å²) in [5.74, 6) is 0.731. The molecule has 3 nitrogen and oxygen atoms in total. The fourth-order valence-electron chi connectivity index (χ4n) is 3.95. The van der Waals surface area contributed by atoms with E-state index in [1.54, 1.807) is 0 Å². The van der Waals surface area contributed by atoms with Gasteiger partial charge in [-0.3, -0.25) is 5.01 Å². The molecule has 1 saturated carbocycles. The number of allylic oxidation sites excluding steroid dienone is 1. The van der Waals surface area contributed by atoms with Crippen molar-refractivity contribution in [2.24, 2.45) is 11.3 Å². The summed E-state index contributed by atoms with van der Waals surface area (Å²) < 4.78 is 0. The zero-order valence-electron chi connectivity index (χ0n) is 12.3. The van der Waals surface area contributed by atoms with Crippen LogP contribution in [0.1, 0.15) is 25.3 Å². The predicted octanol–water partition coefficient (Wildman–Crippen LogP) is 2.59. The van der Waals surface area contributed by atoms with Crippen molar-refractivity contribution < 1.29 is 0 Å². The number of aryl methyl sites for hydroxylation is 1. The lowest BCUT2D eigenvalue weighted by molar-refractivity contribution is 0.0164. The average molecular weight is 269 g/mol. The highest BCUT2D eigenvalue weighted by Gasteiger charge is 2.51. The maximum atomic E-state index is 3.60. The molecule has 0 radical (unpaired) electrons. The van der Waals surface area contributed by atoms with E-state index in [0.717, 1.165) is 5.92 Å². The van der Waals surface area contributed by atoms with Crippen LogP contribution in [0.15, 0.2) is 36.0 Å². The SMILES string of the molecule is Cc1ccccc1N1NC(C)C=C1C1CC2(CNC2)C1. The van der Waals surface area contributed by atoms with Crippen molar-refractivity contribution in [3.8, 4) is 0 Å². The number of para-hydroxylation sites is 1. The molecule has 106 valence electrons. The average Bonchev–Trinajstić information content (AvgIpc) is 2.68. The van der Waals surface area contributed by atoms with Crippen molar-refractivity contribution >= 4 is 5.69 Å². The largest absolute Gasteiger partial charge is 0.316 e. The molecular formula is C17H23N3. The second-order valence-electron chi connectivity index (χ2n) is 6.84. The third-order valence-electron chi connectivity index (χ3n) is 5.15. The third-order valence-corrected chi connectivity index (χ3v) is 5.15. The van der Waals surface area contributed by atoms with Crippen molar-refractivity contribution in [3.63, 3.8) is 0 Å². The fraction of sp³-hybridized carbons (Fsp3) is 0.529. The van der Waals surface area contributed by atoms with Crippen LogP contribution in [-0.2, 0) is 0 Å². The van der Waals surface area contributed by atoms with E-state index in [1.165, 1.54) is 42.9 Å². The fourth-order valence-corrected chi connectivity index (χ4v) is 3.95. The molecular weight excluding hydrogens is 246 g/mol. The van der Waals surface area contributed by atoms with E-state index in [-0.39, 0.29) is 0 Å². The molecule has 4 rings (SSSR count). The Kier molecular flexibility index (Phi) is 2.69. The molecule has 1 saturated heterocycles. The van der Waals surface area contributed by atoms with Crippen LogP contribution >= 0.6 is 0 Å². The summed E-state index contributed by atoms with van der Waals surface area (Å²) in [6.07, 6.45) is 5.11. The van der Waals surface area contributed by atoms with Gasteiger partial charge in [-0.05, 0) is 49.8 Å². The Morgan fingerprint density at radius 2 is 1.95 bits per heavy atom. The molecule has 1 aromatic rings. The van der Waals surface area contributed by atoms with Gasteiger partial charge in [0.2, 0.25) is 0 Å². The molecule has 1 unspecified atom stereocenters. The number of hydrogen-bond donors (Lipinski definition) is 2. The zero-order valence-corrected chi connectivity index (χ0v) is 12.3. The number of benzene rings is 1. The Hall–Kier alpha value is -1.32. The van der Waals surface area contributed by atoms with Crippen LogP contribution < -0.4 is 15.8 Å². The summed E-state index contributed by atoms with van der Waals surface area (Å²) >= 11 is 0. The highest BCUT2D eigenvalue weighted by Crippen LogP contribution is 2.52. The Balaban J connectivity index is 1.58. The summed E-state index contributed by atoms with van der Waals surface area (Å²) in [5, 5.41) is 5.76. The predicted molar refractivity (Wildman–Crippen MR) is 82.4 cm³/mol. The van der Waals surface area contributed by atoms with Crippen LogP contribution in [0.2, 0.25) is 0 Å². The monoisotopic (exact) mass is 269 g/mol. The van der Waals surface area contributed by atoms with Gasteiger partial charge in [0.1, 0.15) is 0 Å². The number of hydrogen-bond acceptors (Lipinski definition) is 3. The smallest absolute Gasteiger partial charge is 0.0603 e. The number of rotatable bonds is 2. The zero-order chi connectivity index (χ0) is 13.7. The highest BCUT2D eigenvalue weighted by molar-refractivity contribution is 5.58. The molecule has 0 amide bonds. The first-order valence-corrected chi connectivity index (χ1v) is 7.71. The molecule has 2 heterocycles. The first-order valence-electron chi connectivity index (χ1n) is 7.71. The number of nitrogens with zero attached hydrogens (tertiary/aromatic N) is 1. The van der Waals surface area contributed by atoms with Crippen LogP contribution in [0.3, 0.4) is 0 Å². The van der Waals surface area contributed by atoms with Gasteiger partial charge in [0, 0.05) is 30.7 Å². The van der Waals surface area contributed by atoms with E-state index in [1.807, 2.05) is 0 Å². The van der Waals surface area contributed by atoms with Crippen LogP contribution in [0, 0.1) is 18.3 Å². The molecule has 1 spiro atoms. The van der Waals surface area contributed by atoms with Gasteiger partial charge >= 0.3 is 0 Å². The maximum Gasteiger partial charge on any atom is 0.0603 e. The number of anilines is 1. The Morgan fingerprint density at radius 1 is 1.20 bits per heavy atom. The normalized spacial score (nSPS) is 28.2. The summed E-state index contributed by atoms with van der Waals surface area (Å²) in [7, 11) is 0. The lowest BCUT2D eigenvalue weighted by Gasteiger charge is -2.55. The van der Waals surface area contributed by atoms with E-state index in [2.05, 4.69) is 59.9 Å². The number of nitrogens with one attached hydrogen (secondary N) is 2. The van der Waals surface area contributed by atoms with Crippen molar-refractivity contribution in [1.29, 1.82) is 0 Å². The van der Waals surface area contributed by atoms with Crippen LogP contribution in [0.25, 0.3) is 0 Å². The molecule has 2 N–H and O–H groups in total. The number of hydrazine groups is 1. The molecule has 2 fully saturated rings. The van der Waals surface area contributed by atoms with Crippen molar-refractivity contribution in [3.05, 3.63) is 41.6 Å². The van der Waals surface area contributed by atoms with Gasteiger partial charge in [0.15, 0.2) is 0 Å². The van der Waals surface area contributed by atoms with Crippen LogP contribution in [0.5, 0.6) is 0 Å². The van der Waals surface area contributed by atoms with Crippen molar-refractivity contribution in [2.75, 3.05) is 18.1 Å². The molecule has 1 atom stereocenters. The van der Waals surface area contributed by atoms with E-state index in [9.17, 15) is 0 Å². The minimum Gasteiger partial charge on any atom is -0.316 e. The summed E-state index contributed by atoms with van der Waals surface area (Å²) in [4.78, 5) is 0. The first kappa shape index (κ1) is 12.4. The van der Waals surface area contributed by atoms with E-state index >= 15 is 0 Å². The summed E-state index contributed by atoms with van der Waals surface area (Å²) in [5.41, 5.74) is 8.36. The molecule has 3 aliphatic rings. The van der Waals surface area contributed by atoms with Gasteiger partial charge in [0.05, 0.1) is 5.69 Å². The van der Waals surface area contributed by atoms with Gasteiger partial charge in [-0.2, -0.15) is 0 Å². The Bertz CT molecular complexity index is 551. The molecule has 1 aliphatic carbocycles. The van der Waals surface area contributed by atoms with Crippen LogP contribution in [0.4, 0.5) is 5.69 Å². The van der Waals surface area contributed by atoms with Gasteiger partial charge < -0.3 is 5.32 Å². The van der Waals surface area contributed by atoms with E-state index < -0.39 is 0 Å². The van der Waals surface area contributed by atoms with E-state index in [0.29, 0.717) is 11.5 Å². The topological polar surface area (TPSA) is 27.3 Å². The van der Waals surface area contributed by atoms with Crippen molar-refractivity contribution in [1.82, 2.24) is 10.7 Å². The van der Waals surface area contributed by atoms with Gasteiger partial charge in [0.25, 0.3) is 0 Å². The standard InChI is InChI=1S/C17H23N3/c1-12-5-3-4-6-15(12)20-16(7-13(2)19-20)14-8-17(9-14)10-18-11-17/h3-7,13-14,18-19H,8-11H2,1-2H3. The first-order chi connectivity index (χ1) is 9.67. The lowest BCUT2D eigenvalue weighted by atomic mass is 9.57. The second kappa shape index (κ2) is 4.34. The molecule has 3 heteroatoms. The summed E-state index contributed by atoms with van der Waals surface area (Å²) in [6.45, 7) is 6.88. The Labute approximate surface area is 121 Å². The molecule has 2 aliphatic heterocycles. The maximum absolute atomic E-state index is 3.60. The van der Waals surface area contributed by atoms with Crippen molar-refractivity contribution in [2.45, 2.75) is 32.7 Å². The van der Waals surface area contributed by atoms with Gasteiger partial charge in [-0.15, -0.1) is 0 Å². The highest BCUT2D eigenvalue weighted by atomic mass is 15.5. The molecule has 20 heavy (non-hydrogen) atoms. The molecule has 0 aromatic heterocycles. The summed E-state index contributed by atoms with van der Waals surface area (Å²) in [6, 6.07) is 9.08.